The van der Waals surface area contributed by atoms with Crippen molar-refractivity contribution in [2.75, 3.05) is 6.61 Å². The number of nitrogens with two attached hydrogens (primary N) is 1. The Balaban J connectivity index is 2.36. The predicted octanol–water partition coefficient (Wildman–Crippen LogP) is 1.33. The van der Waals surface area contributed by atoms with E-state index < -0.39 is 0 Å². The molecule has 4 nitrogen and oxygen atoms in total. The second kappa shape index (κ2) is 5.55. The highest BCUT2D eigenvalue weighted by Gasteiger charge is 2.15. The summed E-state index contributed by atoms with van der Waals surface area (Å²) in [7, 11) is 0. The Bertz CT molecular complexity index is 269. The largest absolute Gasteiger partial charge is 0.374 e. The normalized spacial score (nSPS) is 14.1. The van der Waals surface area contributed by atoms with Crippen LogP contribution in [0.15, 0.2) is 11.7 Å². The molecule has 0 amide bonds. The molecule has 0 radical (unpaired) electrons. The van der Waals surface area contributed by atoms with Crippen LogP contribution in [0, 0.1) is 0 Å². The number of rotatable bonds is 5. The van der Waals surface area contributed by atoms with Crippen LogP contribution in [0.4, 0.5) is 0 Å². The summed E-state index contributed by atoms with van der Waals surface area (Å²) >= 11 is 1.64. The van der Waals surface area contributed by atoms with Crippen molar-refractivity contribution in [1.82, 2.24) is 10.4 Å². The van der Waals surface area contributed by atoms with Crippen molar-refractivity contribution in [2.24, 2.45) is 5.84 Å². The van der Waals surface area contributed by atoms with Crippen molar-refractivity contribution in [3.63, 3.8) is 0 Å². The van der Waals surface area contributed by atoms with Gasteiger partial charge in [-0.2, -0.15) is 0 Å². The van der Waals surface area contributed by atoms with Crippen LogP contribution in [-0.2, 0) is 11.2 Å². The maximum Gasteiger partial charge on any atom is 0.0794 e. The molecule has 0 spiro atoms. The number of hydrazine groups is 1. The number of hydrogen-bond donors (Lipinski definition) is 2. The summed E-state index contributed by atoms with van der Waals surface area (Å²) in [6.45, 7) is 6.71. The van der Waals surface area contributed by atoms with E-state index in [9.17, 15) is 0 Å². The van der Waals surface area contributed by atoms with Gasteiger partial charge >= 0.3 is 0 Å². The molecule has 86 valence electrons. The van der Waals surface area contributed by atoms with E-state index in [1.165, 1.54) is 4.88 Å². The van der Waals surface area contributed by atoms with Crippen LogP contribution in [0.25, 0.3) is 0 Å². The van der Waals surface area contributed by atoms with E-state index in [0.29, 0.717) is 6.61 Å². The van der Waals surface area contributed by atoms with Crippen LogP contribution in [0.5, 0.6) is 0 Å². The molecule has 1 aromatic rings. The van der Waals surface area contributed by atoms with Gasteiger partial charge in [-0.05, 0) is 20.8 Å². The first-order chi connectivity index (χ1) is 7.01. The highest BCUT2D eigenvalue weighted by Crippen LogP contribution is 2.11. The minimum absolute atomic E-state index is 0.122. The molecule has 15 heavy (non-hydrogen) atoms. The zero-order chi connectivity index (χ0) is 11.3. The molecule has 1 rings (SSSR count). The molecule has 0 bridgehead atoms. The van der Waals surface area contributed by atoms with Gasteiger partial charge in [0.15, 0.2) is 0 Å². The average molecular weight is 229 g/mol. The van der Waals surface area contributed by atoms with Gasteiger partial charge in [0.05, 0.1) is 17.7 Å². The second-order valence-electron chi connectivity index (χ2n) is 4.46. The summed E-state index contributed by atoms with van der Waals surface area (Å²) in [5.41, 5.74) is 4.47. The number of hydrogen-bond acceptors (Lipinski definition) is 5. The molecule has 3 N–H and O–H groups in total. The monoisotopic (exact) mass is 229 g/mol. The molecule has 0 saturated heterocycles. The SMILES string of the molecule is CC(C)(C)OCC(Cc1cncs1)NN. The summed E-state index contributed by atoms with van der Waals surface area (Å²) in [5.74, 6) is 5.47. The minimum atomic E-state index is -0.122. The van der Waals surface area contributed by atoms with Gasteiger partial charge in [-0.1, -0.05) is 0 Å². The van der Waals surface area contributed by atoms with Crippen molar-refractivity contribution in [2.45, 2.75) is 38.8 Å². The van der Waals surface area contributed by atoms with Gasteiger partial charge < -0.3 is 4.74 Å². The highest BCUT2D eigenvalue weighted by molar-refractivity contribution is 7.09. The van der Waals surface area contributed by atoms with E-state index in [1.807, 2.05) is 32.5 Å². The number of nitrogens with zero attached hydrogens (tertiary/aromatic N) is 1. The molecular weight excluding hydrogens is 210 g/mol. The molecule has 1 atom stereocenters. The lowest BCUT2D eigenvalue weighted by molar-refractivity contribution is -0.0142. The van der Waals surface area contributed by atoms with Gasteiger partial charge in [-0.25, -0.2) is 0 Å². The fourth-order valence-electron chi connectivity index (χ4n) is 1.10. The van der Waals surface area contributed by atoms with Gasteiger partial charge in [0, 0.05) is 23.5 Å². The maximum absolute atomic E-state index is 5.67. The van der Waals surface area contributed by atoms with Crippen molar-refractivity contribution < 1.29 is 4.74 Å². The Morgan fingerprint density at radius 2 is 2.33 bits per heavy atom. The van der Waals surface area contributed by atoms with E-state index >= 15 is 0 Å². The molecular formula is C10H19N3OS. The third kappa shape index (κ3) is 5.22. The standard InChI is InChI=1S/C10H19N3OS/c1-10(2,3)14-6-8(13-11)4-9-5-12-7-15-9/h5,7-8,13H,4,6,11H2,1-3H3. The highest BCUT2D eigenvalue weighted by atomic mass is 32.1. The van der Waals surface area contributed by atoms with E-state index in [0.717, 1.165) is 6.42 Å². The molecule has 0 aliphatic heterocycles. The minimum Gasteiger partial charge on any atom is -0.374 e. The lowest BCUT2D eigenvalue weighted by Crippen LogP contribution is -2.42. The Hall–Kier alpha value is -0.490. The summed E-state index contributed by atoms with van der Waals surface area (Å²) in [5, 5.41) is 0. The van der Waals surface area contributed by atoms with E-state index in [2.05, 4.69) is 10.4 Å². The number of ether oxygens (including phenoxy) is 1. The lowest BCUT2D eigenvalue weighted by atomic mass is 10.1. The molecule has 0 aliphatic carbocycles. The average Bonchev–Trinajstić information content (AvgIpc) is 2.63. The second-order valence-corrected chi connectivity index (χ2v) is 5.43. The van der Waals surface area contributed by atoms with Crippen LogP contribution in [0.3, 0.4) is 0 Å². The van der Waals surface area contributed by atoms with Crippen LogP contribution < -0.4 is 11.3 Å². The topological polar surface area (TPSA) is 60.2 Å². The van der Waals surface area contributed by atoms with Crippen LogP contribution in [0.1, 0.15) is 25.6 Å². The summed E-state index contributed by atoms with van der Waals surface area (Å²) in [6, 6.07) is 0.143. The van der Waals surface area contributed by atoms with Crippen molar-refractivity contribution in [3.05, 3.63) is 16.6 Å². The molecule has 0 saturated carbocycles. The third-order valence-corrected chi connectivity index (χ3v) is 2.69. The predicted molar refractivity (Wildman–Crippen MR) is 62.6 cm³/mol. The molecule has 1 unspecified atom stereocenters. The van der Waals surface area contributed by atoms with Gasteiger partial charge in [-0.15, -0.1) is 11.3 Å². The third-order valence-electron chi connectivity index (χ3n) is 1.88. The van der Waals surface area contributed by atoms with Crippen molar-refractivity contribution >= 4 is 11.3 Å². The van der Waals surface area contributed by atoms with Gasteiger partial charge in [-0.3, -0.25) is 16.3 Å². The maximum atomic E-state index is 5.67. The van der Waals surface area contributed by atoms with Gasteiger partial charge in [0.2, 0.25) is 0 Å². The first kappa shape index (κ1) is 12.6. The number of thiazole rings is 1. The van der Waals surface area contributed by atoms with E-state index in [1.54, 1.807) is 11.3 Å². The number of aromatic nitrogens is 1. The van der Waals surface area contributed by atoms with Crippen LogP contribution in [0.2, 0.25) is 0 Å². The van der Waals surface area contributed by atoms with Crippen LogP contribution >= 0.6 is 11.3 Å². The lowest BCUT2D eigenvalue weighted by Gasteiger charge is -2.23. The molecule has 5 heteroatoms. The zero-order valence-electron chi connectivity index (χ0n) is 9.49. The van der Waals surface area contributed by atoms with Crippen molar-refractivity contribution in [3.8, 4) is 0 Å². The first-order valence-corrected chi connectivity index (χ1v) is 5.86. The van der Waals surface area contributed by atoms with Gasteiger partial charge in [0.1, 0.15) is 0 Å². The Labute approximate surface area is 94.8 Å². The summed E-state index contributed by atoms with van der Waals surface area (Å²) in [6.07, 6.45) is 2.73. The molecule has 1 heterocycles. The Morgan fingerprint density at radius 3 is 2.80 bits per heavy atom. The first-order valence-electron chi connectivity index (χ1n) is 4.99. The molecule has 0 fully saturated rings. The quantitative estimate of drug-likeness (QED) is 0.591. The fourth-order valence-corrected chi connectivity index (χ4v) is 1.78. The summed E-state index contributed by atoms with van der Waals surface area (Å²) in [4.78, 5) is 5.25. The number of nitrogens with one attached hydrogen (secondary N) is 1. The van der Waals surface area contributed by atoms with E-state index in [4.69, 9.17) is 10.6 Å². The van der Waals surface area contributed by atoms with Gasteiger partial charge in [0.25, 0.3) is 0 Å². The zero-order valence-corrected chi connectivity index (χ0v) is 10.3. The molecule has 0 aliphatic rings. The molecule has 1 aromatic heterocycles. The van der Waals surface area contributed by atoms with E-state index in [-0.39, 0.29) is 11.6 Å². The fraction of sp³-hybridized carbons (Fsp3) is 0.700. The Kier molecular flexibility index (Phi) is 4.66. The Morgan fingerprint density at radius 1 is 1.60 bits per heavy atom. The van der Waals surface area contributed by atoms with Crippen molar-refractivity contribution in [1.29, 1.82) is 0 Å². The van der Waals surface area contributed by atoms with Crippen LogP contribution in [-0.4, -0.2) is 23.2 Å². The smallest absolute Gasteiger partial charge is 0.0794 e. The summed E-state index contributed by atoms with van der Waals surface area (Å²) < 4.78 is 5.67. The molecule has 0 aromatic carbocycles.